The Balaban J connectivity index is 1.93. The number of ether oxygens (including phenoxy) is 2. The highest BCUT2D eigenvalue weighted by molar-refractivity contribution is 14.1. The van der Waals surface area contributed by atoms with Crippen molar-refractivity contribution in [2.75, 3.05) is 6.61 Å². The molecule has 0 spiro atoms. The number of allylic oxidation sites excluding steroid dienone is 1. The van der Waals surface area contributed by atoms with Gasteiger partial charge in [0, 0.05) is 12.1 Å². The van der Waals surface area contributed by atoms with Gasteiger partial charge in [-0.1, -0.05) is 24.3 Å². The van der Waals surface area contributed by atoms with Crippen LogP contribution in [0.1, 0.15) is 23.6 Å². The molecule has 32 heavy (non-hydrogen) atoms. The molecule has 0 unspecified atom stereocenters. The molecule has 3 aromatic rings. The van der Waals surface area contributed by atoms with Gasteiger partial charge < -0.3 is 9.47 Å². The Morgan fingerprint density at radius 3 is 2.59 bits per heavy atom. The molecule has 0 amide bonds. The van der Waals surface area contributed by atoms with Gasteiger partial charge >= 0.3 is 0 Å². The molecule has 0 aliphatic carbocycles. The lowest BCUT2D eigenvalue weighted by molar-refractivity contribution is -0.384. The van der Waals surface area contributed by atoms with E-state index in [1.54, 1.807) is 36.4 Å². The topological polar surface area (TPSA) is 85.4 Å². The third-order valence-electron chi connectivity index (χ3n) is 4.43. The van der Waals surface area contributed by atoms with Crippen LogP contribution in [0.2, 0.25) is 0 Å². The lowest BCUT2D eigenvalue weighted by atomic mass is 10.0. The zero-order valence-electron chi connectivity index (χ0n) is 17.0. The van der Waals surface area contributed by atoms with Gasteiger partial charge in [-0.2, -0.15) is 5.26 Å². The van der Waals surface area contributed by atoms with Crippen LogP contribution in [0.25, 0.3) is 11.6 Å². The van der Waals surface area contributed by atoms with Crippen LogP contribution in [0, 0.1) is 30.8 Å². The van der Waals surface area contributed by atoms with Crippen molar-refractivity contribution in [1.29, 1.82) is 5.26 Å². The van der Waals surface area contributed by atoms with E-state index in [0.717, 1.165) is 9.13 Å². The smallest absolute Gasteiger partial charge is 0.270 e. The predicted molar refractivity (Wildman–Crippen MR) is 128 cm³/mol. The fourth-order valence-corrected chi connectivity index (χ4v) is 3.73. The minimum Gasteiger partial charge on any atom is -0.490 e. The quantitative estimate of drug-likeness (QED) is 0.108. The van der Waals surface area contributed by atoms with E-state index in [1.165, 1.54) is 24.3 Å². The number of nitro groups is 1. The zero-order chi connectivity index (χ0) is 23.1. The second kappa shape index (κ2) is 10.7. The van der Waals surface area contributed by atoms with Gasteiger partial charge in [-0.15, -0.1) is 0 Å². The van der Waals surface area contributed by atoms with Gasteiger partial charge in [0.05, 0.1) is 26.7 Å². The summed E-state index contributed by atoms with van der Waals surface area (Å²) in [7, 11) is 0. The van der Waals surface area contributed by atoms with Crippen molar-refractivity contribution < 1.29 is 18.8 Å². The summed E-state index contributed by atoms with van der Waals surface area (Å²) in [5.74, 6) is 0.735. The van der Waals surface area contributed by atoms with Gasteiger partial charge in [0.25, 0.3) is 5.69 Å². The molecule has 0 fully saturated rings. The molecule has 0 aliphatic heterocycles. The molecule has 0 saturated heterocycles. The number of hydrogen-bond acceptors (Lipinski definition) is 5. The highest BCUT2D eigenvalue weighted by atomic mass is 127. The van der Waals surface area contributed by atoms with Gasteiger partial charge in [-0.25, -0.2) is 4.39 Å². The van der Waals surface area contributed by atoms with Gasteiger partial charge in [0.15, 0.2) is 11.5 Å². The van der Waals surface area contributed by atoms with Crippen molar-refractivity contribution in [3.8, 4) is 17.6 Å². The van der Waals surface area contributed by atoms with Crippen molar-refractivity contribution in [1.82, 2.24) is 0 Å². The van der Waals surface area contributed by atoms with Crippen LogP contribution in [-0.4, -0.2) is 11.5 Å². The lowest BCUT2D eigenvalue weighted by Gasteiger charge is -2.15. The molecule has 8 heteroatoms. The summed E-state index contributed by atoms with van der Waals surface area (Å²) in [5.41, 5.74) is 2.15. The van der Waals surface area contributed by atoms with Gasteiger partial charge in [0.1, 0.15) is 12.4 Å². The number of hydrogen-bond donors (Lipinski definition) is 0. The Morgan fingerprint density at radius 2 is 1.94 bits per heavy atom. The number of non-ortho nitro benzene ring substituents is 1. The molecule has 6 nitrogen and oxygen atoms in total. The van der Waals surface area contributed by atoms with Crippen LogP contribution >= 0.6 is 22.6 Å². The molecule has 0 heterocycles. The largest absolute Gasteiger partial charge is 0.490 e. The van der Waals surface area contributed by atoms with Gasteiger partial charge in [-0.3, -0.25) is 10.1 Å². The van der Waals surface area contributed by atoms with E-state index in [-0.39, 0.29) is 23.7 Å². The summed E-state index contributed by atoms with van der Waals surface area (Å²) in [6.45, 7) is 2.50. The summed E-state index contributed by atoms with van der Waals surface area (Å²) in [6, 6.07) is 17.7. The van der Waals surface area contributed by atoms with E-state index in [2.05, 4.69) is 28.7 Å². The van der Waals surface area contributed by atoms with Crippen molar-refractivity contribution in [2.45, 2.75) is 13.5 Å². The summed E-state index contributed by atoms with van der Waals surface area (Å²) < 4.78 is 25.6. The van der Waals surface area contributed by atoms with Gasteiger partial charge in [0.2, 0.25) is 0 Å². The predicted octanol–water partition coefficient (Wildman–Crippen LogP) is 6.38. The van der Waals surface area contributed by atoms with Crippen LogP contribution < -0.4 is 9.47 Å². The molecule has 3 rings (SSSR count). The van der Waals surface area contributed by atoms with E-state index < -0.39 is 4.92 Å². The van der Waals surface area contributed by atoms with Crippen molar-refractivity contribution in [3.63, 3.8) is 0 Å². The molecule has 0 saturated carbocycles. The van der Waals surface area contributed by atoms with E-state index >= 15 is 0 Å². The minimum absolute atomic E-state index is 0.0854. The third kappa shape index (κ3) is 5.82. The normalized spacial score (nSPS) is 11.0. The van der Waals surface area contributed by atoms with Crippen LogP contribution in [-0.2, 0) is 6.61 Å². The highest BCUT2D eigenvalue weighted by Crippen LogP contribution is 2.36. The monoisotopic (exact) mass is 544 g/mol. The number of nitro benzene ring substituents is 1. The number of halogens is 2. The molecule has 0 radical (unpaired) electrons. The Labute approximate surface area is 198 Å². The summed E-state index contributed by atoms with van der Waals surface area (Å²) in [4.78, 5) is 10.6. The van der Waals surface area contributed by atoms with Crippen LogP contribution in [0.5, 0.6) is 11.5 Å². The molecule has 0 N–H and O–H groups in total. The standard InChI is InChI=1S/C24H18FIN2O4/c1-2-31-23-12-17(10-19(14-27)18-4-3-5-21(13-18)28(29)30)11-22(26)24(23)32-15-16-6-8-20(25)9-7-16/h3-13H,2,15H2,1H3/b19-10-. The zero-order valence-corrected chi connectivity index (χ0v) is 19.2. The number of benzene rings is 3. The highest BCUT2D eigenvalue weighted by Gasteiger charge is 2.14. The number of rotatable bonds is 8. The van der Waals surface area contributed by atoms with Crippen molar-refractivity contribution >= 4 is 39.9 Å². The maximum Gasteiger partial charge on any atom is 0.270 e. The second-order valence-electron chi connectivity index (χ2n) is 6.66. The van der Waals surface area contributed by atoms with Crippen LogP contribution in [0.3, 0.4) is 0 Å². The Kier molecular flexibility index (Phi) is 7.78. The minimum atomic E-state index is -0.498. The maximum absolute atomic E-state index is 13.1. The van der Waals surface area contributed by atoms with Crippen LogP contribution in [0.15, 0.2) is 60.7 Å². The average molecular weight is 544 g/mol. The first-order valence-electron chi connectivity index (χ1n) is 9.61. The first-order chi connectivity index (χ1) is 15.4. The van der Waals surface area contributed by atoms with E-state index in [1.807, 2.05) is 13.0 Å². The molecular formula is C24H18FIN2O4. The summed E-state index contributed by atoms with van der Waals surface area (Å²) in [6.07, 6.45) is 1.65. The average Bonchev–Trinajstić information content (AvgIpc) is 2.78. The fourth-order valence-electron chi connectivity index (χ4n) is 2.94. The Hall–Kier alpha value is -3.45. The van der Waals surface area contributed by atoms with Crippen molar-refractivity contribution in [2.24, 2.45) is 0 Å². The number of nitriles is 1. The molecule has 0 atom stereocenters. The Bertz CT molecular complexity index is 1200. The van der Waals surface area contributed by atoms with Crippen molar-refractivity contribution in [3.05, 3.63) is 96.9 Å². The fraction of sp³-hybridized carbons (Fsp3) is 0.125. The molecule has 0 aromatic heterocycles. The SMILES string of the molecule is CCOc1cc(/C=C(/C#N)c2cccc([N+](=O)[O-])c2)cc(I)c1OCc1ccc(F)cc1. The molecule has 0 bridgehead atoms. The third-order valence-corrected chi connectivity index (χ3v) is 5.23. The van der Waals surface area contributed by atoms with Gasteiger partial charge in [-0.05, 0) is 76.5 Å². The molecule has 3 aromatic carbocycles. The Morgan fingerprint density at radius 1 is 1.19 bits per heavy atom. The first kappa shape index (κ1) is 23.2. The summed E-state index contributed by atoms with van der Waals surface area (Å²) in [5, 5.41) is 20.7. The van der Waals surface area contributed by atoms with Crippen LogP contribution in [0.4, 0.5) is 10.1 Å². The molecule has 0 aliphatic rings. The van der Waals surface area contributed by atoms with E-state index in [4.69, 9.17) is 9.47 Å². The maximum atomic E-state index is 13.1. The second-order valence-corrected chi connectivity index (χ2v) is 7.82. The van der Waals surface area contributed by atoms with E-state index in [9.17, 15) is 19.8 Å². The molecule has 162 valence electrons. The molecular weight excluding hydrogens is 526 g/mol. The first-order valence-corrected chi connectivity index (χ1v) is 10.7. The summed E-state index contributed by atoms with van der Waals surface area (Å²) >= 11 is 2.12. The lowest BCUT2D eigenvalue weighted by Crippen LogP contribution is -2.02. The van der Waals surface area contributed by atoms with E-state index in [0.29, 0.717) is 29.2 Å². The number of nitrogens with zero attached hydrogens (tertiary/aromatic N) is 2.